The van der Waals surface area contributed by atoms with Crippen LogP contribution >= 0.6 is 0 Å². The topological polar surface area (TPSA) is 0 Å². The second-order valence-corrected chi connectivity index (χ2v) is 7.79. The van der Waals surface area contributed by atoms with Crippen molar-refractivity contribution < 1.29 is 8.22 Å². The van der Waals surface area contributed by atoms with Crippen LogP contribution in [0.1, 0.15) is 52.4 Å². The summed E-state index contributed by atoms with van der Waals surface area (Å²) in [6.07, 6.45) is 6.00. The summed E-state index contributed by atoms with van der Waals surface area (Å²) >= 11 is 0. The first-order valence-corrected chi connectivity index (χ1v) is 7.94. The highest BCUT2D eigenvalue weighted by atomic mass is 28.4. The predicted octanol–water partition coefficient (Wildman–Crippen LogP) is 4.75. The van der Waals surface area contributed by atoms with Crippen LogP contribution in [0.15, 0.2) is 0 Å². The molecular weight excluding hydrogens is 198 g/mol. The second kappa shape index (κ2) is 5.24. The Hall–Kier alpha value is 0.0769. The molecule has 1 fully saturated rings. The van der Waals surface area contributed by atoms with Gasteiger partial charge in [-0.15, -0.1) is 0 Å². The van der Waals surface area contributed by atoms with E-state index >= 15 is 0 Å². The number of hydrogen-bond acceptors (Lipinski definition) is 0. The van der Waals surface area contributed by atoms with Crippen LogP contribution in [0, 0.1) is 5.92 Å². The molecule has 0 aromatic rings. The molecule has 0 N–H and O–H groups in total. The van der Waals surface area contributed by atoms with E-state index in [4.69, 9.17) is 0 Å². The van der Waals surface area contributed by atoms with Crippen molar-refractivity contribution >= 4 is 8.74 Å². The fraction of sp³-hybridized carbons (Fsp3) is 1.00. The molecule has 1 aliphatic rings. The molecule has 0 radical (unpaired) electrons. The molecule has 0 amide bonds. The van der Waals surface area contributed by atoms with Crippen LogP contribution in [0.4, 0.5) is 8.22 Å². The third-order valence-corrected chi connectivity index (χ3v) is 6.27. The third-order valence-electron chi connectivity index (χ3n) is 3.13. The second-order valence-electron chi connectivity index (χ2n) is 5.05. The molecule has 1 rings (SSSR count). The van der Waals surface area contributed by atoms with E-state index in [2.05, 4.69) is 0 Å². The highest BCUT2D eigenvalue weighted by Crippen LogP contribution is 2.40. The van der Waals surface area contributed by atoms with Gasteiger partial charge in [-0.05, 0) is 18.8 Å². The zero-order valence-corrected chi connectivity index (χ0v) is 10.4. The maximum absolute atomic E-state index is 13.9. The van der Waals surface area contributed by atoms with Crippen molar-refractivity contribution in [3.05, 3.63) is 0 Å². The first kappa shape index (κ1) is 12.1. The van der Waals surface area contributed by atoms with Crippen molar-refractivity contribution in [3.8, 4) is 0 Å². The molecular formula is C11H22F2Si. The Labute approximate surface area is 87.4 Å². The Morgan fingerprint density at radius 1 is 1.07 bits per heavy atom. The molecule has 3 heteroatoms. The van der Waals surface area contributed by atoms with E-state index < -0.39 is 8.74 Å². The van der Waals surface area contributed by atoms with Crippen LogP contribution in [0.5, 0.6) is 0 Å². The predicted molar refractivity (Wildman–Crippen MR) is 59.1 cm³/mol. The summed E-state index contributed by atoms with van der Waals surface area (Å²) in [5, 5.41) is 0. The van der Waals surface area contributed by atoms with Crippen LogP contribution in [-0.2, 0) is 0 Å². The lowest BCUT2D eigenvalue weighted by atomic mass is 10.2. The first-order valence-electron chi connectivity index (χ1n) is 5.90. The van der Waals surface area contributed by atoms with Crippen LogP contribution < -0.4 is 0 Å². The normalized spacial score (nSPS) is 21.2. The van der Waals surface area contributed by atoms with Gasteiger partial charge in [-0.1, -0.05) is 39.5 Å². The Bertz CT molecular complexity index is 161. The molecule has 84 valence electrons. The summed E-state index contributed by atoms with van der Waals surface area (Å²) in [6, 6.07) is 0.206. The van der Waals surface area contributed by atoms with Gasteiger partial charge in [0.05, 0.1) is 0 Å². The van der Waals surface area contributed by atoms with Gasteiger partial charge in [-0.25, -0.2) is 0 Å². The maximum Gasteiger partial charge on any atom is 0.428 e. The molecule has 0 aromatic heterocycles. The summed E-state index contributed by atoms with van der Waals surface area (Å²) in [4.78, 5) is 0. The summed E-state index contributed by atoms with van der Waals surface area (Å²) < 4.78 is 27.8. The standard InChI is InChI=1S/C11H22F2Si/c1-10(2)9-14(12,13)11-7-5-3-4-6-8-11/h10-11H,3-9H2,1-2H3. The highest BCUT2D eigenvalue weighted by molar-refractivity contribution is 6.67. The minimum atomic E-state index is -3.90. The van der Waals surface area contributed by atoms with Crippen molar-refractivity contribution in [3.63, 3.8) is 0 Å². The van der Waals surface area contributed by atoms with Crippen molar-refractivity contribution in [2.75, 3.05) is 0 Å². The van der Waals surface area contributed by atoms with E-state index in [-0.39, 0.29) is 17.5 Å². The molecule has 0 atom stereocenters. The van der Waals surface area contributed by atoms with Crippen LogP contribution in [0.3, 0.4) is 0 Å². The van der Waals surface area contributed by atoms with Gasteiger partial charge < -0.3 is 0 Å². The lowest BCUT2D eigenvalue weighted by molar-refractivity contribution is 0.483. The van der Waals surface area contributed by atoms with E-state index in [9.17, 15) is 8.22 Å². The lowest BCUT2D eigenvalue weighted by Crippen LogP contribution is -2.31. The van der Waals surface area contributed by atoms with E-state index in [0.29, 0.717) is 0 Å². The van der Waals surface area contributed by atoms with Crippen LogP contribution in [0.2, 0.25) is 11.6 Å². The number of rotatable bonds is 3. The van der Waals surface area contributed by atoms with Crippen molar-refractivity contribution in [2.45, 2.75) is 64.0 Å². The Balaban J connectivity index is 2.50. The van der Waals surface area contributed by atoms with Crippen molar-refractivity contribution in [1.29, 1.82) is 0 Å². The molecule has 0 saturated heterocycles. The quantitative estimate of drug-likeness (QED) is 0.366. The SMILES string of the molecule is CC(C)C[Si](F)(F)C1CCCCCC1. The molecule has 0 nitrogen and oxygen atoms in total. The van der Waals surface area contributed by atoms with E-state index in [1.54, 1.807) is 0 Å². The maximum atomic E-state index is 13.9. The van der Waals surface area contributed by atoms with Gasteiger partial charge in [0, 0.05) is 11.6 Å². The van der Waals surface area contributed by atoms with Gasteiger partial charge in [-0.2, -0.15) is 0 Å². The average molecular weight is 220 g/mol. The van der Waals surface area contributed by atoms with Crippen LogP contribution in [-0.4, -0.2) is 8.74 Å². The van der Waals surface area contributed by atoms with Gasteiger partial charge in [-0.3, -0.25) is 8.22 Å². The van der Waals surface area contributed by atoms with Crippen molar-refractivity contribution in [1.82, 2.24) is 0 Å². The minimum Gasteiger partial charge on any atom is -0.270 e. The summed E-state index contributed by atoms with van der Waals surface area (Å²) in [7, 11) is -3.90. The van der Waals surface area contributed by atoms with Gasteiger partial charge in [0.2, 0.25) is 0 Å². The first-order chi connectivity index (χ1) is 6.52. The Morgan fingerprint density at radius 2 is 1.57 bits per heavy atom. The van der Waals surface area contributed by atoms with Gasteiger partial charge in [0.15, 0.2) is 0 Å². The monoisotopic (exact) mass is 220 g/mol. The fourth-order valence-corrected chi connectivity index (χ4v) is 5.09. The van der Waals surface area contributed by atoms with E-state index in [0.717, 1.165) is 25.7 Å². The average Bonchev–Trinajstić information content (AvgIpc) is 2.28. The zero-order chi connectivity index (χ0) is 10.6. The summed E-state index contributed by atoms with van der Waals surface area (Å²) in [5.74, 6) is 0.167. The Kier molecular flexibility index (Phi) is 4.55. The largest absolute Gasteiger partial charge is 0.428 e. The number of halogens is 2. The number of hydrogen-bond donors (Lipinski definition) is 0. The molecule has 0 aromatic carbocycles. The summed E-state index contributed by atoms with van der Waals surface area (Å²) in [6.45, 7) is 3.83. The van der Waals surface area contributed by atoms with Gasteiger partial charge in [0.25, 0.3) is 0 Å². The highest BCUT2D eigenvalue weighted by Gasteiger charge is 2.44. The van der Waals surface area contributed by atoms with Gasteiger partial charge in [0.1, 0.15) is 0 Å². The smallest absolute Gasteiger partial charge is 0.270 e. The molecule has 0 aliphatic heterocycles. The fourth-order valence-electron chi connectivity index (χ4n) is 2.41. The molecule has 14 heavy (non-hydrogen) atoms. The van der Waals surface area contributed by atoms with Crippen molar-refractivity contribution in [2.24, 2.45) is 5.92 Å². The molecule has 1 aliphatic carbocycles. The zero-order valence-electron chi connectivity index (χ0n) is 9.36. The minimum absolute atomic E-state index is 0.167. The molecule has 1 saturated carbocycles. The van der Waals surface area contributed by atoms with Gasteiger partial charge >= 0.3 is 8.74 Å². The summed E-state index contributed by atoms with van der Waals surface area (Å²) in [5.41, 5.74) is -0.201. The molecule has 0 bridgehead atoms. The molecule has 0 unspecified atom stereocenters. The van der Waals surface area contributed by atoms with E-state index in [1.807, 2.05) is 13.8 Å². The third kappa shape index (κ3) is 3.68. The lowest BCUT2D eigenvalue weighted by Gasteiger charge is -2.24. The molecule has 0 spiro atoms. The van der Waals surface area contributed by atoms with E-state index in [1.165, 1.54) is 12.8 Å². The Morgan fingerprint density at radius 3 is 2.00 bits per heavy atom. The molecule has 0 heterocycles. The van der Waals surface area contributed by atoms with Crippen LogP contribution in [0.25, 0.3) is 0 Å².